The summed E-state index contributed by atoms with van der Waals surface area (Å²) in [7, 11) is 3.43. The molecule has 0 radical (unpaired) electrons. The van der Waals surface area contributed by atoms with Crippen LogP contribution < -0.4 is 4.74 Å². The summed E-state index contributed by atoms with van der Waals surface area (Å²) in [5.41, 5.74) is 0.547. The molecule has 104 valence electrons. The second kappa shape index (κ2) is 5.61. The lowest BCUT2D eigenvalue weighted by molar-refractivity contribution is -0.150. The molecular formula is C15H21NO3. The molecule has 0 atom stereocenters. The maximum atomic E-state index is 12.3. The van der Waals surface area contributed by atoms with E-state index in [1.165, 1.54) is 0 Å². The third kappa shape index (κ3) is 2.73. The Kier molecular flexibility index (Phi) is 4.10. The highest BCUT2D eigenvalue weighted by molar-refractivity contribution is 5.83. The van der Waals surface area contributed by atoms with E-state index in [1.54, 1.807) is 19.1 Å². The van der Waals surface area contributed by atoms with Gasteiger partial charge in [-0.15, -0.1) is 0 Å². The van der Waals surface area contributed by atoms with Crippen molar-refractivity contribution in [2.45, 2.75) is 25.8 Å². The molecule has 0 unspecified atom stereocenters. The fourth-order valence-corrected chi connectivity index (χ4v) is 2.52. The van der Waals surface area contributed by atoms with E-state index in [1.807, 2.05) is 24.3 Å². The van der Waals surface area contributed by atoms with Gasteiger partial charge in [0.05, 0.1) is 19.1 Å². The van der Waals surface area contributed by atoms with Gasteiger partial charge in [0.25, 0.3) is 0 Å². The zero-order valence-electron chi connectivity index (χ0n) is 11.6. The van der Waals surface area contributed by atoms with Crippen molar-refractivity contribution in [2.75, 3.05) is 20.8 Å². The third-order valence-electron chi connectivity index (χ3n) is 3.99. The van der Waals surface area contributed by atoms with Crippen molar-refractivity contribution in [3.05, 3.63) is 29.8 Å². The number of amides is 1. The standard InChI is InChI=1S/C15H21NO3/c1-16(14(18)15(11-17)8-3-9-15)10-12-4-6-13(19-2)7-5-12/h4-7,17H,3,8-11H2,1-2H3. The summed E-state index contributed by atoms with van der Waals surface area (Å²) in [5.74, 6) is 0.862. The molecule has 2 rings (SSSR count). The highest BCUT2D eigenvalue weighted by atomic mass is 16.5. The van der Waals surface area contributed by atoms with Gasteiger partial charge in [-0.1, -0.05) is 18.6 Å². The second-order valence-corrected chi connectivity index (χ2v) is 5.30. The van der Waals surface area contributed by atoms with E-state index in [2.05, 4.69) is 0 Å². The minimum atomic E-state index is -0.513. The van der Waals surface area contributed by atoms with Gasteiger partial charge in [-0.3, -0.25) is 4.79 Å². The first-order valence-electron chi connectivity index (χ1n) is 6.61. The number of nitrogens with zero attached hydrogens (tertiary/aromatic N) is 1. The Hall–Kier alpha value is -1.55. The zero-order valence-corrected chi connectivity index (χ0v) is 11.6. The Bertz CT molecular complexity index is 432. The minimum absolute atomic E-state index is 0.0429. The van der Waals surface area contributed by atoms with Crippen LogP contribution in [0.1, 0.15) is 24.8 Å². The number of ether oxygens (including phenoxy) is 1. The lowest BCUT2D eigenvalue weighted by atomic mass is 9.68. The topological polar surface area (TPSA) is 49.8 Å². The van der Waals surface area contributed by atoms with Crippen LogP contribution in [0.4, 0.5) is 0 Å². The maximum Gasteiger partial charge on any atom is 0.231 e. The molecule has 0 bridgehead atoms. The number of benzene rings is 1. The van der Waals surface area contributed by atoms with Gasteiger partial charge in [-0.05, 0) is 30.5 Å². The van der Waals surface area contributed by atoms with E-state index in [4.69, 9.17) is 4.74 Å². The van der Waals surface area contributed by atoms with E-state index >= 15 is 0 Å². The number of carbonyl (C=O) groups is 1. The van der Waals surface area contributed by atoms with Crippen LogP contribution in [0.5, 0.6) is 5.75 Å². The molecule has 1 aliphatic rings. The van der Waals surface area contributed by atoms with Crippen LogP contribution in [-0.4, -0.2) is 36.7 Å². The van der Waals surface area contributed by atoms with E-state index in [9.17, 15) is 9.90 Å². The molecule has 1 aromatic rings. The van der Waals surface area contributed by atoms with Crippen LogP contribution in [0.2, 0.25) is 0 Å². The van der Waals surface area contributed by atoms with E-state index < -0.39 is 5.41 Å². The number of rotatable bonds is 5. The van der Waals surface area contributed by atoms with E-state index in [0.29, 0.717) is 6.54 Å². The lowest BCUT2D eigenvalue weighted by Gasteiger charge is -2.41. The molecule has 0 aliphatic heterocycles. The summed E-state index contributed by atoms with van der Waals surface area (Å²) in [6, 6.07) is 7.68. The number of aliphatic hydroxyl groups excluding tert-OH is 1. The molecule has 4 heteroatoms. The lowest BCUT2D eigenvalue weighted by Crippen LogP contribution is -2.48. The summed E-state index contributed by atoms with van der Waals surface area (Å²) >= 11 is 0. The van der Waals surface area contributed by atoms with Crippen molar-refractivity contribution < 1.29 is 14.6 Å². The van der Waals surface area contributed by atoms with E-state index in [-0.39, 0.29) is 12.5 Å². The van der Waals surface area contributed by atoms with Crippen LogP contribution >= 0.6 is 0 Å². The van der Waals surface area contributed by atoms with Gasteiger partial charge >= 0.3 is 0 Å². The largest absolute Gasteiger partial charge is 0.497 e. The van der Waals surface area contributed by atoms with Gasteiger partial charge in [-0.2, -0.15) is 0 Å². The molecule has 1 N–H and O–H groups in total. The van der Waals surface area contributed by atoms with Gasteiger partial charge in [0.1, 0.15) is 5.75 Å². The molecule has 4 nitrogen and oxygen atoms in total. The van der Waals surface area contributed by atoms with Gasteiger partial charge < -0.3 is 14.7 Å². The molecule has 1 fully saturated rings. The smallest absolute Gasteiger partial charge is 0.231 e. The molecule has 1 aromatic carbocycles. The Balaban J connectivity index is 1.99. The number of methoxy groups -OCH3 is 1. The molecule has 1 amide bonds. The number of hydrogen-bond acceptors (Lipinski definition) is 3. The minimum Gasteiger partial charge on any atom is -0.497 e. The monoisotopic (exact) mass is 263 g/mol. The molecule has 0 saturated heterocycles. The predicted octanol–water partition coefficient (Wildman–Crippen LogP) is 1.82. The van der Waals surface area contributed by atoms with Crippen molar-refractivity contribution in [3.8, 4) is 5.75 Å². The van der Waals surface area contributed by atoms with Gasteiger partial charge in [0, 0.05) is 13.6 Å². The third-order valence-corrected chi connectivity index (χ3v) is 3.99. The quantitative estimate of drug-likeness (QED) is 0.881. The first-order valence-corrected chi connectivity index (χ1v) is 6.61. The van der Waals surface area contributed by atoms with Crippen molar-refractivity contribution in [2.24, 2.45) is 5.41 Å². The molecule has 1 aliphatic carbocycles. The van der Waals surface area contributed by atoms with Crippen LogP contribution in [-0.2, 0) is 11.3 Å². The van der Waals surface area contributed by atoms with Gasteiger partial charge in [0.2, 0.25) is 5.91 Å². The van der Waals surface area contributed by atoms with Crippen molar-refractivity contribution in [1.29, 1.82) is 0 Å². The summed E-state index contributed by atoms with van der Waals surface area (Å²) in [5, 5.41) is 9.43. The van der Waals surface area contributed by atoms with E-state index in [0.717, 1.165) is 30.6 Å². The average molecular weight is 263 g/mol. The Morgan fingerprint density at radius 1 is 1.37 bits per heavy atom. The van der Waals surface area contributed by atoms with Gasteiger partial charge in [0.15, 0.2) is 0 Å². The van der Waals surface area contributed by atoms with Gasteiger partial charge in [-0.25, -0.2) is 0 Å². The zero-order chi connectivity index (χ0) is 13.9. The normalized spacial score (nSPS) is 16.6. The molecule has 0 spiro atoms. The van der Waals surface area contributed by atoms with Crippen molar-refractivity contribution in [1.82, 2.24) is 4.90 Å². The molecule has 1 saturated carbocycles. The van der Waals surface area contributed by atoms with Crippen molar-refractivity contribution in [3.63, 3.8) is 0 Å². The number of hydrogen-bond donors (Lipinski definition) is 1. The number of aliphatic hydroxyl groups is 1. The van der Waals surface area contributed by atoms with Crippen molar-refractivity contribution >= 4 is 5.91 Å². The van der Waals surface area contributed by atoms with Crippen LogP contribution in [0, 0.1) is 5.41 Å². The molecule has 0 heterocycles. The Morgan fingerprint density at radius 3 is 2.42 bits per heavy atom. The average Bonchev–Trinajstić information content (AvgIpc) is 2.39. The highest BCUT2D eigenvalue weighted by Crippen LogP contribution is 2.42. The summed E-state index contributed by atoms with van der Waals surface area (Å²) in [4.78, 5) is 14.1. The predicted molar refractivity (Wildman–Crippen MR) is 72.8 cm³/mol. The highest BCUT2D eigenvalue weighted by Gasteiger charge is 2.44. The molecular weight excluding hydrogens is 242 g/mol. The van der Waals surface area contributed by atoms with Crippen LogP contribution in [0.3, 0.4) is 0 Å². The first kappa shape index (κ1) is 13.9. The summed E-state index contributed by atoms with van der Waals surface area (Å²) in [6.45, 7) is 0.517. The van der Waals surface area contributed by atoms with Crippen LogP contribution in [0.25, 0.3) is 0 Å². The number of carbonyl (C=O) groups excluding carboxylic acids is 1. The first-order chi connectivity index (χ1) is 9.11. The molecule has 0 aromatic heterocycles. The summed E-state index contributed by atoms with van der Waals surface area (Å²) < 4.78 is 5.11. The Labute approximate surface area is 114 Å². The maximum absolute atomic E-state index is 12.3. The van der Waals surface area contributed by atoms with Crippen LogP contribution in [0.15, 0.2) is 24.3 Å². The summed E-state index contributed by atoms with van der Waals surface area (Å²) in [6.07, 6.45) is 2.63. The second-order valence-electron chi connectivity index (χ2n) is 5.30. The fourth-order valence-electron chi connectivity index (χ4n) is 2.52. The SMILES string of the molecule is COc1ccc(CN(C)C(=O)C2(CO)CCC2)cc1. The Morgan fingerprint density at radius 2 is 2.00 bits per heavy atom. The molecule has 19 heavy (non-hydrogen) atoms. The fraction of sp³-hybridized carbons (Fsp3) is 0.533.